The van der Waals surface area contributed by atoms with Crippen LogP contribution in [0.5, 0.6) is 5.75 Å². The third-order valence-electron chi connectivity index (χ3n) is 2.10. The van der Waals surface area contributed by atoms with E-state index in [1.54, 1.807) is 31.2 Å². The minimum absolute atomic E-state index is 0.0576. The zero-order valence-corrected chi connectivity index (χ0v) is 11.7. The van der Waals surface area contributed by atoms with Crippen molar-refractivity contribution >= 4 is 5.91 Å². The van der Waals surface area contributed by atoms with Gasteiger partial charge < -0.3 is 10.4 Å². The maximum atomic E-state index is 11.8. The number of phenols is 1. The van der Waals surface area contributed by atoms with E-state index in [1.165, 1.54) is 12.1 Å². The minimum Gasteiger partial charge on any atom is -0.508 e. The van der Waals surface area contributed by atoms with Gasteiger partial charge in [-0.1, -0.05) is 39.1 Å². The summed E-state index contributed by atoms with van der Waals surface area (Å²) >= 11 is 0. The van der Waals surface area contributed by atoms with Gasteiger partial charge in [-0.25, -0.2) is 0 Å². The molecule has 0 saturated carbocycles. The average molecular weight is 259 g/mol. The van der Waals surface area contributed by atoms with Gasteiger partial charge in [0.15, 0.2) is 0 Å². The molecule has 2 N–H and O–H groups in total. The first-order valence-electron chi connectivity index (χ1n) is 6.13. The Labute approximate surface area is 115 Å². The summed E-state index contributed by atoms with van der Waals surface area (Å²) < 4.78 is 0. The number of hydrogen-bond donors (Lipinski definition) is 2. The second-order valence-corrected chi connectivity index (χ2v) is 3.60. The van der Waals surface area contributed by atoms with Crippen molar-refractivity contribution < 1.29 is 9.90 Å². The molecule has 0 bridgehead atoms. The summed E-state index contributed by atoms with van der Waals surface area (Å²) in [6.07, 6.45) is 3.25. The second kappa shape index (κ2) is 8.75. The van der Waals surface area contributed by atoms with Crippen molar-refractivity contribution in [1.29, 1.82) is 0 Å². The van der Waals surface area contributed by atoms with Crippen molar-refractivity contribution in [1.82, 2.24) is 5.32 Å². The van der Waals surface area contributed by atoms with Crippen molar-refractivity contribution in [3.8, 4) is 5.75 Å². The molecular weight excluding hydrogens is 238 g/mol. The van der Waals surface area contributed by atoms with E-state index in [0.29, 0.717) is 11.3 Å². The largest absolute Gasteiger partial charge is 0.508 e. The van der Waals surface area contributed by atoms with E-state index in [0.717, 1.165) is 5.57 Å². The van der Waals surface area contributed by atoms with Gasteiger partial charge in [0.25, 0.3) is 5.91 Å². The Morgan fingerprint density at radius 3 is 2.47 bits per heavy atom. The topological polar surface area (TPSA) is 49.3 Å². The number of carbonyl (C=O) groups is 1. The number of nitrogens with one attached hydrogen (secondary N) is 1. The first-order valence-corrected chi connectivity index (χ1v) is 6.13. The van der Waals surface area contributed by atoms with Crippen LogP contribution in [0.15, 0.2) is 60.8 Å². The molecule has 0 unspecified atom stereocenters. The normalized spacial score (nSPS) is 9.95. The van der Waals surface area contributed by atoms with Gasteiger partial charge in [-0.2, -0.15) is 0 Å². The average Bonchev–Trinajstić information content (AvgIpc) is 2.40. The molecule has 0 heterocycles. The van der Waals surface area contributed by atoms with Crippen LogP contribution in [0.4, 0.5) is 0 Å². The Morgan fingerprint density at radius 1 is 1.37 bits per heavy atom. The summed E-state index contributed by atoms with van der Waals surface area (Å²) in [5.41, 5.74) is 1.73. The van der Waals surface area contributed by atoms with Crippen LogP contribution in [0.3, 0.4) is 0 Å². The van der Waals surface area contributed by atoms with Crippen molar-refractivity contribution in [2.75, 3.05) is 0 Å². The van der Waals surface area contributed by atoms with E-state index in [-0.39, 0.29) is 11.7 Å². The summed E-state index contributed by atoms with van der Waals surface area (Å²) in [7, 11) is 0. The van der Waals surface area contributed by atoms with Gasteiger partial charge in [0.2, 0.25) is 0 Å². The number of benzene rings is 1. The highest BCUT2D eigenvalue weighted by molar-refractivity contribution is 5.96. The van der Waals surface area contributed by atoms with Crippen LogP contribution < -0.4 is 5.32 Å². The van der Waals surface area contributed by atoms with E-state index in [4.69, 9.17) is 0 Å². The predicted octanol–water partition coefficient (Wildman–Crippen LogP) is 3.79. The summed E-state index contributed by atoms with van der Waals surface area (Å²) in [6.45, 7) is 13.1. The van der Waals surface area contributed by atoms with Gasteiger partial charge in [-0.3, -0.25) is 4.79 Å². The highest BCUT2D eigenvalue weighted by Crippen LogP contribution is 2.12. The SMILES string of the molecule is C=C/C=C(/NC(=O)c1cccc(O)c1)C(=C)C.CC. The van der Waals surface area contributed by atoms with Crippen molar-refractivity contribution in [2.45, 2.75) is 20.8 Å². The molecule has 0 radical (unpaired) electrons. The van der Waals surface area contributed by atoms with Crippen LogP contribution in [-0.2, 0) is 0 Å². The Balaban J connectivity index is 0.00000154. The van der Waals surface area contributed by atoms with Gasteiger partial charge in [-0.05, 0) is 36.8 Å². The number of allylic oxidation sites excluding steroid dienone is 3. The summed E-state index contributed by atoms with van der Waals surface area (Å²) in [6, 6.07) is 6.15. The van der Waals surface area contributed by atoms with Crippen LogP contribution >= 0.6 is 0 Å². The molecule has 19 heavy (non-hydrogen) atoms. The molecule has 0 aliphatic rings. The van der Waals surface area contributed by atoms with E-state index in [9.17, 15) is 9.90 Å². The maximum absolute atomic E-state index is 11.8. The quantitative estimate of drug-likeness (QED) is 0.808. The molecule has 3 heteroatoms. The van der Waals surface area contributed by atoms with E-state index in [1.807, 2.05) is 13.8 Å². The minimum atomic E-state index is -0.294. The lowest BCUT2D eigenvalue weighted by Crippen LogP contribution is -2.23. The van der Waals surface area contributed by atoms with Gasteiger partial charge in [0.1, 0.15) is 5.75 Å². The van der Waals surface area contributed by atoms with Crippen molar-refractivity contribution in [3.05, 3.63) is 66.4 Å². The summed E-state index contributed by atoms with van der Waals surface area (Å²) in [5.74, 6) is -0.237. The molecule has 0 aromatic heterocycles. The molecule has 3 nitrogen and oxygen atoms in total. The van der Waals surface area contributed by atoms with Crippen LogP contribution in [-0.4, -0.2) is 11.0 Å². The Bertz CT molecular complexity index is 487. The zero-order valence-electron chi connectivity index (χ0n) is 11.7. The van der Waals surface area contributed by atoms with E-state index >= 15 is 0 Å². The van der Waals surface area contributed by atoms with Gasteiger partial charge in [0.05, 0.1) is 0 Å². The number of amides is 1. The first-order chi connectivity index (χ1) is 9.04. The smallest absolute Gasteiger partial charge is 0.255 e. The van der Waals surface area contributed by atoms with E-state index < -0.39 is 0 Å². The van der Waals surface area contributed by atoms with E-state index in [2.05, 4.69) is 18.5 Å². The highest BCUT2D eigenvalue weighted by atomic mass is 16.3. The molecule has 0 atom stereocenters. The Morgan fingerprint density at radius 2 is 2.00 bits per heavy atom. The molecule has 102 valence electrons. The van der Waals surface area contributed by atoms with Gasteiger partial charge in [0, 0.05) is 11.3 Å². The molecule has 1 aromatic rings. The predicted molar refractivity (Wildman–Crippen MR) is 80.0 cm³/mol. The highest BCUT2D eigenvalue weighted by Gasteiger charge is 2.08. The van der Waals surface area contributed by atoms with Crippen LogP contribution in [0.1, 0.15) is 31.1 Å². The molecule has 0 aliphatic heterocycles. The molecule has 1 amide bonds. The zero-order chi connectivity index (χ0) is 14.8. The number of carbonyl (C=O) groups excluding carboxylic acids is 1. The van der Waals surface area contributed by atoms with Crippen molar-refractivity contribution in [3.63, 3.8) is 0 Å². The van der Waals surface area contributed by atoms with Crippen LogP contribution in [0.25, 0.3) is 0 Å². The van der Waals surface area contributed by atoms with Gasteiger partial charge >= 0.3 is 0 Å². The number of rotatable bonds is 4. The molecule has 1 aromatic carbocycles. The van der Waals surface area contributed by atoms with Gasteiger partial charge in [-0.15, -0.1) is 0 Å². The molecule has 0 aliphatic carbocycles. The standard InChI is InChI=1S/C14H15NO2.C2H6/c1-4-6-13(10(2)3)15-14(17)11-7-5-8-12(16)9-11;1-2/h4-9,16H,1-2H2,3H3,(H,15,17);1-2H3/b13-6+;. The fourth-order valence-electron chi connectivity index (χ4n) is 1.25. The number of aromatic hydroxyl groups is 1. The Kier molecular flexibility index (Phi) is 7.70. The number of hydrogen-bond acceptors (Lipinski definition) is 2. The summed E-state index contributed by atoms with van der Waals surface area (Å²) in [4.78, 5) is 11.8. The third kappa shape index (κ3) is 5.73. The van der Waals surface area contributed by atoms with Crippen molar-refractivity contribution in [2.24, 2.45) is 0 Å². The summed E-state index contributed by atoms with van der Waals surface area (Å²) in [5, 5.41) is 12.0. The van der Waals surface area contributed by atoms with Crippen LogP contribution in [0.2, 0.25) is 0 Å². The monoisotopic (exact) mass is 259 g/mol. The molecule has 0 saturated heterocycles. The maximum Gasteiger partial charge on any atom is 0.255 e. The molecule has 0 fully saturated rings. The number of phenolic OH excluding ortho intramolecular Hbond substituents is 1. The fraction of sp³-hybridized carbons (Fsp3) is 0.188. The third-order valence-corrected chi connectivity index (χ3v) is 2.10. The second-order valence-electron chi connectivity index (χ2n) is 3.60. The lowest BCUT2D eigenvalue weighted by Gasteiger charge is -2.09. The Hall–Kier alpha value is -2.29. The molecule has 1 rings (SSSR count). The molecular formula is C16H21NO2. The molecule has 0 spiro atoms. The first kappa shape index (κ1) is 16.7. The lowest BCUT2D eigenvalue weighted by atomic mass is 10.1. The fourth-order valence-corrected chi connectivity index (χ4v) is 1.25. The lowest BCUT2D eigenvalue weighted by molar-refractivity contribution is 0.0966. The van der Waals surface area contributed by atoms with Crippen LogP contribution in [0, 0.1) is 0 Å².